The van der Waals surface area contributed by atoms with Crippen LogP contribution in [0.25, 0.3) is 0 Å². The number of hydrogen-bond acceptors (Lipinski definition) is 3. The zero-order valence-corrected chi connectivity index (χ0v) is 8.22. The summed E-state index contributed by atoms with van der Waals surface area (Å²) in [4.78, 5) is 13.2. The molecule has 0 radical (unpaired) electrons. The zero-order chi connectivity index (χ0) is 8.97. The van der Waals surface area contributed by atoms with Gasteiger partial charge in [0.2, 0.25) is 5.91 Å². The van der Waals surface area contributed by atoms with E-state index in [1.165, 1.54) is 0 Å². The average Bonchev–Trinajstić information content (AvgIpc) is 2.08. The minimum Gasteiger partial charge on any atom is -0.383 e. The fourth-order valence-electron chi connectivity index (χ4n) is 1.34. The van der Waals surface area contributed by atoms with Gasteiger partial charge in [-0.1, -0.05) is 0 Å². The molecule has 1 amide bonds. The quantitative estimate of drug-likeness (QED) is 0.657. The van der Waals surface area contributed by atoms with E-state index >= 15 is 0 Å². The highest BCUT2D eigenvalue weighted by molar-refractivity contribution is 7.81. The molecule has 0 aromatic carbocycles. The van der Waals surface area contributed by atoms with Crippen LogP contribution in [0.2, 0.25) is 0 Å². The Morgan fingerprint density at radius 1 is 1.75 bits per heavy atom. The van der Waals surface area contributed by atoms with Crippen molar-refractivity contribution in [1.29, 1.82) is 0 Å². The van der Waals surface area contributed by atoms with Gasteiger partial charge in [-0.3, -0.25) is 4.79 Å². The van der Waals surface area contributed by atoms with Gasteiger partial charge in [-0.15, -0.1) is 0 Å². The van der Waals surface area contributed by atoms with Gasteiger partial charge in [-0.2, -0.15) is 12.6 Å². The highest BCUT2D eigenvalue weighted by Crippen LogP contribution is 2.15. The molecule has 1 aliphatic heterocycles. The van der Waals surface area contributed by atoms with E-state index in [0.29, 0.717) is 13.2 Å². The molecule has 0 aromatic heterocycles. The van der Waals surface area contributed by atoms with Crippen LogP contribution in [-0.2, 0) is 9.53 Å². The fraction of sp³-hybridized carbons (Fsp3) is 0.875. The van der Waals surface area contributed by atoms with Crippen LogP contribution in [0.4, 0.5) is 0 Å². The lowest BCUT2D eigenvalue weighted by Crippen LogP contribution is -2.43. The van der Waals surface area contributed by atoms with Crippen molar-refractivity contribution in [2.24, 2.45) is 0 Å². The maximum Gasteiger partial charge on any atom is 0.235 e. The number of rotatable bonds is 3. The second-order valence-electron chi connectivity index (χ2n) is 2.98. The lowest BCUT2D eigenvalue weighted by molar-refractivity contribution is -0.133. The van der Waals surface area contributed by atoms with E-state index in [4.69, 9.17) is 4.74 Å². The monoisotopic (exact) mass is 189 g/mol. The summed E-state index contributed by atoms with van der Waals surface area (Å²) in [6.07, 6.45) is 1.97. The van der Waals surface area contributed by atoms with Crippen LogP contribution >= 0.6 is 12.6 Å². The molecule has 0 saturated carbocycles. The molecule has 1 heterocycles. The molecule has 1 saturated heterocycles. The summed E-state index contributed by atoms with van der Waals surface area (Å²) in [5, 5.41) is -0.0874. The van der Waals surface area contributed by atoms with Crippen LogP contribution in [0.3, 0.4) is 0 Å². The lowest BCUT2D eigenvalue weighted by Gasteiger charge is -2.29. The van der Waals surface area contributed by atoms with Crippen molar-refractivity contribution in [2.75, 3.05) is 26.8 Å². The Bertz CT molecular complexity index is 163. The van der Waals surface area contributed by atoms with Gasteiger partial charge in [0.15, 0.2) is 0 Å². The van der Waals surface area contributed by atoms with Crippen LogP contribution in [0, 0.1) is 0 Å². The highest BCUT2D eigenvalue weighted by Gasteiger charge is 2.24. The van der Waals surface area contributed by atoms with Crippen molar-refractivity contribution in [3.63, 3.8) is 0 Å². The Balaban J connectivity index is 2.36. The average molecular weight is 189 g/mol. The van der Waals surface area contributed by atoms with Crippen molar-refractivity contribution in [3.05, 3.63) is 0 Å². The second kappa shape index (κ2) is 4.72. The summed E-state index contributed by atoms with van der Waals surface area (Å²) in [5.41, 5.74) is 0. The third kappa shape index (κ3) is 2.38. The topological polar surface area (TPSA) is 29.5 Å². The van der Waals surface area contributed by atoms with E-state index in [2.05, 4.69) is 12.6 Å². The number of carbonyl (C=O) groups is 1. The third-order valence-corrected chi connectivity index (χ3v) is 2.55. The molecular formula is C8H15NO2S. The minimum absolute atomic E-state index is 0.0874. The molecular weight excluding hydrogens is 174 g/mol. The molecule has 4 heteroatoms. The molecule has 0 aliphatic carbocycles. The van der Waals surface area contributed by atoms with Gasteiger partial charge < -0.3 is 9.64 Å². The zero-order valence-electron chi connectivity index (χ0n) is 7.32. The van der Waals surface area contributed by atoms with E-state index in [0.717, 1.165) is 19.4 Å². The number of nitrogens with zero attached hydrogens (tertiary/aromatic N) is 1. The molecule has 1 fully saturated rings. The lowest BCUT2D eigenvalue weighted by atomic mass is 10.1. The molecule has 1 unspecified atom stereocenters. The number of amides is 1. The molecule has 0 bridgehead atoms. The minimum atomic E-state index is -0.0874. The van der Waals surface area contributed by atoms with E-state index in [1.807, 2.05) is 4.90 Å². The molecule has 1 rings (SSSR count). The normalized spacial score (nSPS) is 24.7. The Morgan fingerprint density at radius 3 is 3.17 bits per heavy atom. The summed E-state index contributed by atoms with van der Waals surface area (Å²) in [6, 6.07) is 0. The molecule has 0 aromatic rings. The van der Waals surface area contributed by atoms with Crippen LogP contribution < -0.4 is 0 Å². The van der Waals surface area contributed by atoms with Gasteiger partial charge in [0.1, 0.15) is 0 Å². The molecule has 0 spiro atoms. The number of methoxy groups -OCH3 is 1. The fourth-order valence-corrected chi connectivity index (χ4v) is 1.69. The van der Waals surface area contributed by atoms with Gasteiger partial charge in [0.25, 0.3) is 0 Å². The van der Waals surface area contributed by atoms with Crippen LogP contribution in [0.5, 0.6) is 0 Å². The smallest absolute Gasteiger partial charge is 0.235 e. The van der Waals surface area contributed by atoms with Crippen molar-refractivity contribution in [3.8, 4) is 0 Å². The number of piperidine rings is 1. The Kier molecular flexibility index (Phi) is 3.88. The molecule has 70 valence electrons. The van der Waals surface area contributed by atoms with E-state index in [9.17, 15) is 4.79 Å². The van der Waals surface area contributed by atoms with Crippen molar-refractivity contribution in [2.45, 2.75) is 18.1 Å². The summed E-state index contributed by atoms with van der Waals surface area (Å²) in [5.74, 6) is 0.154. The van der Waals surface area contributed by atoms with E-state index < -0.39 is 0 Å². The standard InChI is InChI=1S/C8H15NO2S/c1-11-6-5-9-4-2-3-7(12)8(9)10/h7,12H,2-6H2,1H3. The maximum absolute atomic E-state index is 11.4. The first-order chi connectivity index (χ1) is 5.75. The predicted octanol–water partition coefficient (Wildman–Crippen LogP) is 0.554. The maximum atomic E-state index is 11.4. The predicted molar refractivity (Wildman–Crippen MR) is 50.5 cm³/mol. The number of ether oxygens (including phenoxy) is 1. The number of hydrogen-bond donors (Lipinski definition) is 1. The van der Waals surface area contributed by atoms with Crippen LogP contribution in [0.15, 0.2) is 0 Å². The number of thiol groups is 1. The van der Waals surface area contributed by atoms with Crippen molar-refractivity contribution >= 4 is 18.5 Å². The first-order valence-corrected chi connectivity index (χ1v) is 4.73. The molecule has 1 aliphatic rings. The van der Waals surface area contributed by atoms with Crippen LogP contribution in [-0.4, -0.2) is 42.9 Å². The first kappa shape index (κ1) is 9.86. The van der Waals surface area contributed by atoms with Gasteiger partial charge in [0.05, 0.1) is 11.9 Å². The van der Waals surface area contributed by atoms with E-state index in [-0.39, 0.29) is 11.2 Å². The SMILES string of the molecule is COCCN1CCCC(S)C1=O. The number of likely N-dealkylation sites (tertiary alicyclic amines) is 1. The van der Waals surface area contributed by atoms with Gasteiger partial charge >= 0.3 is 0 Å². The highest BCUT2D eigenvalue weighted by atomic mass is 32.1. The van der Waals surface area contributed by atoms with Crippen molar-refractivity contribution in [1.82, 2.24) is 4.90 Å². The Labute approximate surface area is 78.5 Å². The summed E-state index contributed by atoms with van der Waals surface area (Å²) >= 11 is 4.21. The largest absolute Gasteiger partial charge is 0.383 e. The Hall–Kier alpha value is -0.220. The van der Waals surface area contributed by atoms with Crippen molar-refractivity contribution < 1.29 is 9.53 Å². The van der Waals surface area contributed by atoms with E-state index in [1.54, 1.807) is 7.11 Å². The molecule has 1 atom stereocenters. The summed E-state index contributed by atoms with van der Waals surface area (Å²) in [6.45, 7) is 2.18. The summed E-state index contributed by atoms with van der Waals surface area (Å²) < 4.78 is 4.91. The first-order valence-electron chi connectivity index (χ1n) is 4.21. The molecule has 3 nitrogen and oxygen atoms in total. The van der Waals surface area contributed by atoms with Gasteiger partial charge in [-0.05, 0) is 12.8 Å². The third-order valence-electron chi connectivity index (χ3n) is 2.07. The molecule has 12 heavy (non-hydrogen) atoms. The van der Waals surface area contributed by atoms with Gasteiger partial charge in [0, 0.05) is 20.2 Å². The molecule has 0 N–H and O–H groups in total. The second-order valence-corrected chi connectivity index (χ2v) is 3.60. The van der Waals surface area contributed by atoms with Gasteiger partial charge in [-0.25, -0.2) is 0 Å². The summed E-state index contributed by atoms with van der Waals surface area (Å²) in [7, 11) is 1.65. The van der Waals surface area contributed by atoms with Crippen LogP contribution in [0.1, 0.15) is 12.8 Å². The Morgan fingerprint density at radius 2 is 2.50 bits per heavy atom. The number of carbonyl (C=O) groups excluding carboxylic acids is 1.